The second kappa shape index (κ2) is 9.28. The van der Waals surface area contributed by atoms with Gasteiger partial charge in [-0.05, 0) is 0 Å². The Balaban J connectivity index is -0.0000000450. The summed E-state index contributed by atoms with van der Waals surface area (Å²) in [5, 5.41) is 0. The molecule has 6 heteroatoms. The van der Waals surface area contributed by atoms with Gasteiger partial charge in [-0.25, -0.2) is 0 Å². The molecular formula is H6CaO4Si. The fourth-order valence-corrected chi connectivity index (χ4v) is 0. The Bertz CT molecular complexity index is 30.5. The van der Waals surface area contributed by atoms with Crippen molar-refractivity contribution >= 4 is 46.9 Å². The molecule has 0 bridgehead atoms. The fourth-order valence-electron chi connectivity index (χ4n) is 0. The molecule has 0 fully saturated rings. The summed E-state index contributed by atoms with van der Waals surface area (Å²) in [4.78, 5) is 14.3. The first-order chi connectivity index (χ1) is 1.73. The van der Waals surface area contributed by atoms with E-state index in [-0.39, 0.29) is 43.2 Å². The normalized spacial score (nSPS) is 4.00. The first-order valence-corrected chi connectivity index (χ1v) is 1.95. The van der Waals surface area contributed by atoms with Crippen molar-refractivity contribution in [1.82, 2.24) is 0 Å². The molecule has 0 aliphatic rings. The third-order valence-corrected chi connectivity index (χ3v) is 0. The van der Waals surface area contributed by atoms with E-state index in [1.807, 2.05) is 0 Å². The van der Waals surface area contributed by atoms with Gasteiger partial charge in [0.2, 0.25) is 0 Å². The molecule has 0 saturated heterocycles. The first kappa shape index (κ1) is 15.8. The van der Waals surface area contributed by atoms with E-state index < -0.39 is 9.17 Å². The zero-order valence-corrected chi connectivity index (χ0v) is 3.30. The molecule has 0 spiro atoms. The van der Waals surface area contributed by atoms with Crippen molar-refractivity contribution in [1.29, 1.82) is 0 Å². The Morgan fingerprint density at radius 2 is 1.33 bits per heavy atom. The van der Waals surface area contributed by atoms with Crippen molar-refractivity contribution < 1.29 is 19.5 Å². The predicted octanol–water partition coefficient (Wildman–Crippen LogP) is -3.35. The summed E-state index contributed by atoms with van der Waals surface area (Å²) in [5.74, 6) is 0. The molecule has 0 saturated carbocycles. The SMILES string of the molecule is O.O=[Si](O)O.[CaH2]. The van der Waals surface area contributed by atoms with Gasteiger partial charge in [-0.2, -0.15) is 0 Å². The molecule has 0 rings (SSSR count). The van der Waals surface area contributed by atoms with E-state index in [1.54, 1.807) is 0 Å². The minimum atomic E-state index is -3.13. The molecule has 0 amide bonds. The predicted molar refractivity (Wildman–Crippen MR) is 23.0 cm³/mol. The zero-order chi connectivity index (χ0) is 3.58. The first-order valence-electron chi connectivity index (χ1n) is 0.651. The van der Waals surface area contributed by atoms with Crippen molar-refractivity contribution in [3.63, 3.8) is 0 Å². The molecule has 0 aliphatic carbocycles. The monoisotopic (exact) mass is 138 g/mol. The Kier molecular flexibility index (Phi) is 24.5. The van der Waals surface area contributed by atoms with E-state index in [2.05, 4.69) is 0 Å². The molecule has 0 atom stereocenters. The number of hydrogen-bond acceptors (Lipinski definition) is 1. The standard InChI is InChI=1S/Ca.H2O3Si.H2O.2H/c;1-4(2)3;;;/h;1-2H;1H2;;. The Hall–Kier alpha value is 0.837. The van der Waals surface area contributed by atoms with Crippen LogP contribution < -0.4 is 0 Å². The summed E-state index contributed by atoms with van der Waals surface area (Å²) in [6.07, 6.45) is 0. The number of rotatable bonds is 0. The van der Waals surface area contributed by atoms with Crippen molar-refractivity contribution in [3.05, 3.63) is 0 Å². The molecule has 4 nitrogen and oxygen atoms in total. The molecule has 0 aliphatic heterocycles. The van der Waals surface area contributed by atoms with Crippen molar-refractivity contribution in [2.45, 2.75) is 0 Å². The number of hydrogen-bond donors (Lipinski definition) is 2. The molecule has 0 heterocycles. The third kappa shape index (κ3) is 102. The molecule has 36 valence electrons. The maximum absolute atomic E-state index is 8.74. The van der Waals surface area contributed by atoms with Crippen molar-refractivity contribution in [2.24, 2.45) is 0 Å². The maximum atomic E-state index is 8.74. The van der Waals surface area contributed by atoms with Gasteiger partial charge in [0.25, 0.3) is 0 Å². The summed E-state index contributed by atoms with van der Waals surface area (Å²) < 4.78 is 8.74. The van der Waals surface area contributed by atoms with E-state index in [9.17, 15) is 0 Å². The van der Waals surface area contributed by atoms with Crippen LogP contribution in [-0.2, 0) is 4.46 Å². The van der Waals surface area contributed by atoms with Gasteiger partial charge in [0.05, 0.1) is 0 Å². The third-order valence-electron chi connectivity index (χ3n) is 0. The summed E-state index contributed by atoms with van der Waals surface area (Å²) in [7, 11) is -3.13. The second-order valence-electron chi connectivity index (χ2n) is 0.283. The summed E-state index contributed by atoms with van der Waals surface area (Å²) in [6.45, 7) is 0. The fraction of sp³-hybridized carbons (Fsp3) is 0. The van der Waals surface area contributed by atoms with Crippen LogP contribution in [0.4, 0.5) is 0 Å². The average molecular weight is 138 g/mol. The summed E-state index contributed by atoms with van der Waals surface area (Å²) >= 11 is 0. The second-order valence-corrected chi connectivity index (χ2v) is 0.848. The van der Waals surface area contributed by atoms with Crippen LogP contribution >= 0.6 is 0 Å². The van der Waals surface area contributed by atoms with Gasteiger partial charge in [-0.15, -0.1) is 0 Å². The van der Waals surface area contributed by atoms with Crippen LogP contribution in [0.1, 0.15) is 0 Å². The van der Waals surface area contributed by atoms with Gasteiger partial charge < -0.3 is 15.1 Å². The van der Waals surface area contributed by atoms with Crippen LogP contribution in [0.15, 0.2) is 0 Å². The summed E-state index contributed by atoms with van der Waals surface area (Å²) in [6, 6.07) is 0. The Morgan fingerprint density at radius 1 is 1.33 bits per heavy atom. The van der Waals surface area contributed by atoms with Gasteiger partial charge in [-0.3, -0.25) is 4.46 Å². The van der Waals surface area contributed by atoms with E-state index in [4.69, 9.17) is 14.1 Å². The van der Waals surface area contributed by atoms with Crippen molar-refractivity contribution in [2.75, 3.05) is 0 Å². The van der Waals surface area contributed by atoms with Gasteiger partial charge in [-0.1, -0.05) is 0 Å². The van der Waals surface area contributed by atoms with Crippen LogP contribution in [0.3, 0.4) is 0 Å². The van der Waals surface area contributed by atoms with Crippen LogP contribution in [0.5, 0.6) is 0 Å². The Labute approximate surface area is 66.0 Å². The van der Waals surface area contributed by atoms with Crippen molar-refractivity contribution in [3.8, 4) is 0 Å². The quantitative estimate of drug-likeness (QED) is 0.343. The van der Waals surface area contributed by atoms with E-state index >= 15 is 0 Å². The summed E-state index contributed by atoms with van der Waals surface area (Å²) in [5.41, 5.74) is 0. The molecule has 0 unspecified atom stereocenters. The molecule has 0 aromatic carbocycles. The van der Waals surface area contributed by atoms with E-state index in [1.165, 1.54) is 0 Å². The van der Waals surface area contributed by atoms with Gasteiger partial charge in [0.15, 0.2) is 0 Å². The van der Waals surface area contributed by atoms with Crippen LogP contribution in [0.25, 0.3) is 0 Å². The van der Waals surface area contributed by atoms with Crippen LogP contribution in [0.2, 0.25) is 0 Å². The van der Waals surface area contributed by atoms with Crippen LogP contribution in [-0.4, -0.2) is 62.0 Å². The van der Waals surface area contributed by atoms with E-state index in [0.717, 1.165) is 0 Å². The van der Waals surface area contributed by atoms with Gasteiger partial charge in [0, 0.05) is 0 Å². The molecule has 4 N–H and O–H groups in total. The van der Waals surface area contributed by atoms with E-state index in [0.29, 0.717) is 0 Å². The molecule has 6 heavy (non-hydrogen) atoms. The minimum absolute atomic E-state index is 0. The molecular weight excluding hydrogens is 132 g/mol. The van der Waals surface area contributed by atoms with Gasteiger partial charge >= 0.3 is 46.9 Å². The van der Waals surface area contributed by atoms with Gasteiger partial charge in [0.1, 0.15) is 0 Å². The Morgan fingerprint density at radius 3 is 1.33 bits per heavy atom. The zero-order valence-electron chi connectivity index (χ0n) is 2.30. The molecule has 0 radical (unpaired) electrons. The average Bonchev–Trinajstić information content (AvgIpc) is 0.811. The van der Waals surface area contributed by atoms with Crippen LogP contribution in [0, 0.1) is 0 Å². The molecule has 0 aromatic rings. The molecule has 0 aromatic heterocycles. The topological polar surface area (TPSA) is 89.0 Å².